The quantitative estimate of drug-likeness (QED) is 0.549. The molecule has 5 heteroatoms. The molecule has 4 rings (SSSR count). The number of nitrogens with zero attached hydrogens (tertiary/aromatic N) is 1. The Kier molecular flexibility index (Phi) is 4.74. The molecule has 1 aromatic heterocycles. The van der Waals surface area contributed by atoms with Crippen LogP contribution in [0.5, 0.6) is 5.75 Å². The third-order valence-electron chi connectivity index (χ3n) is 5.22. The molecule has 2 amide bonds. The zero-order valence-electron chi connectivity index (χ0n) is 16.3. The molecule has 28 heavy (non-hydrogen) atoms. The van der Waals surface area contributed by atoms with E-state index in [0.717, 1.165) is 34.7 Å². The number of aromatic nitrogens is 1. The third kappa shape index (κ3) is 3.31. The van der Waals surface area contributed by atoms with Gasteiger partial charge in [0.25, 0.3) is 0 Å². The minimum Gasteiger partial charge on any atom is -0.496 e. The lowest BCUT2D eigenvalue weighted by molar-refractivity contribution is 0.251. The number of amides is 2. The van der Waals surface area contributed by atoms with Gasteiger partial charge in [-0.2, -0.15) is 0 Å². The van der Waals surface area contributed by atoms with Crippen molar-refractivity contribution in [3.63, 3.8) is 0 Å². The topological polar surface area (TPSA) is 63.2 Å². The Morgan fingerprint density at radius 2 is 1.89 bits per heavy atom. The van der Waals surface area contributed by atoms with E-state index in [2.05, 4.69) is 45.9 Å². The van der Waals surface area contributed by atoms with E-state index in [4.69, 9.17) is 4.74 Å². The van der Waals surface area contributed by atoms with Gasteiger partial charge in [-0.25, -0.2) is 4.79 Å². The van der Waals surface area contributed by atoms with E-state index in [0.29, 0.717) is 6.54 Å². The molecular weight excluding hydrogens is 350 g/mol. The second-order valence-electron chi connectivity index (χ2n) is 7.06. The number of hydrogen-bond donors (Lipinski definition) is 2. The van der Waals surface area contributed by atoms with Crippen molar-refractivity contribution in [2.24, 2.45) is 0 Å². The van der Waals surface area contributed by atoms with E-state index >= 15 is 0 Å². The fourth-order valence-electron chi connectivity index (χ4n) is 3.81. The normalized spacial score (nSPS) is 11.5. The molecule has 0 saturated heterocycles. The summed E-state index contributed by atoms with van der Waals surface area (Å²) in [5.74, 6) is 0.811. The summed E-state index contributed by atoms with van der Waals surface area (Å²) in [6, 6.07) is 14.2. The van der Waals surface area contributed by atoms with Gasteiger partial charge in [0, 0.05) is 23.0 Å². The zero-order valence-corrected chi connectivity index (χ0v) is 16.3. The van der Waals surface area contributed by atoms with Crippen molar-refractivity contribution in [2.75, 3.05) is 12.4 Å². The van der Waals surface area contributed by atoms with Gasteiger partial charge in [0.15, 0.2) is 0 Å². The minimum absolute atomic E-state index is 0.254. The van der Waals surface area contributed by atoms with Crippen LogP contribution in [-0.4, -0.2) is 18.1 Å². The number of benzene rings is 2. The Morgan fingerprint density at radius 3 is 2.71 bits per heavy atom. The molecule has 2 aromatic carbocycles. The molecule has 0 saturated carbocycles. The van der Waals surface area contributed by atoms with E-state index in [1.165, 1.54) is 22.3 Å². The highest BCUT2D eigenvalue weighted by Crippen LogP contribution is 2.37. The average Bonchev–Trinajstić information content (AvgIpc) is 3.05. The Morgan fingerprint density at radius 1 is 1.11 bits per heavy atom. The largest absolute Gasteiger partial charge is 0.496 e. The lowest BCUT2D eigenvalue weighted by atomic mass is 10.1. The third-order valence-corrected chi connectivity index (χ3v) is 5.22. The molecule has 1 aliphatic carbocycles. The van der Waals surface area contributed by atoms with Gasteiger partial charge in [0.1, 0.15) is 5.75 Å². The summed E-state index contributed by atoms with van der Waals surface area (Å²) in [5, 5.41) is 5.79. The van der Waals surface area contributed by atoms with Gasteiger partial charge in [-0.3, -0.25) is 4.98 Å². The van der Waals surface area contributed by atoms with E-state index in [1.807, 2.05) is 26.0 Å². The van der Waals surface area contributed by atoms with Crippen molar-refractivity contribution < 1.29 is 9.53 Å². The summed E-state index contributed by atoms with van der Waals surface area (Å²) < 4.78 is 5.42. The molecular formula is C23H23N3O2. The summed E-state index contributed by atoms with van der Waals surface area (Å²) in [5.41, 5.74) is 8.59. The van der Waals surface area contributed by atoms with Crippen molar-refractivity contribution in [1.29, 1.82) is 0 Å². The van der Waals surface area contributed by atoms with Crippen molar-refractivity contribution in [3.05, 3.63) is 76.6 Å². The van der Waals surface area contributed by atoms with Crippen LogP contribution in [0, 0.1) is 13.8 Å². The van der Waals surface area contributed by atoms with Crippen LogP contribution in [0.3, 0.4) is 0 Å². The number of nitrogens with one attached hydrogen (secondary N) is 2. The number of aryl methyl sites for hydroxylation is 1. The molecule has 142 valence electrons. The number of rotatable bonds is 4. The number of fused-ring (bicyclic) bond motifs is 3. The molecule has 5 nitrogen and oxygen atoms in total. The Hall–Kier alpha value is -3.34. The zero-order chi connectivity index (χ0) is 19.7. The molecule has 0 bridgehead atoms. The molecule has 1 aliphatic rings. The number of ether oxygens (including phenoxy) is 1. The van der Waals surface area contributed by atoms with E-state index in [1.54, 1.807) is 13.3 Å². The monoisotopic (exact) mass is 373 g/mol. The predicted molar refractivity (Wildman–Crippen MR) is 111 cm³/mol. The lowest BCUT2D eigenvalue weighted by Gasteiger charge is -2.13. The summed E-state index contributed by atoms with van der Waals surface area (Å²) >= 11 is 0. The molecule has 0 fully saturated rings. The van der Waals surface area contributed by atoms with Crippen molar-refractivity contribution in [1.82, 2.24) is 10.3 Å². The highest BCUT2D eigenvalue weighted by atomic mass is 16.5. The van der Waals surface area contributed by atoms with Crippen LogP contribution in [0.1, 0.15) is 27.9 Å². The molecule has 1 heterocycles. The molecule has 0 radical (unpaired) electrons. The minimum atomic E-state index is -0.254. The van der Waals surface area contributed by atoms with Crippen LogP contribution in [0.25, 0.3) is 11.1 Å². The van der Waals surface area contributed by atoms with Crippen LogP contribution in [-0.2, 0) is 13.0 Å². The van der Waals surface area contributed by atoms with Crippen molar-refractivity contribution in [2.45, 2.75) is 26.8 Å². The summed E-state index contributed by atoms with van der Waals surface area (Å²) in [4.78, 5) is 16.8. The fourth-order valence-corrected chi connectivity index (χ4v) is 3.81. The number of methoxy groups -OCH3 is 1. The summed E-state index contributed by atoms with van der Waals surface area (Å²) in [6.45, 7) is 4.24. The van der Waals surface area contributed by atoms with Gasteiger partial charge in [-0.05, 0) is 54.7 Å². The smallest absolute Gasteiger partial charge is 0.319 e. The first kappa shape index (κ1) is 18.0. The van der Waals surface area contributed by atoms with E-state index in [-0.39, 0.29) is 6.03 Å². The van der Waals surface area contributed by atoms with Gasteiger partial charge in [0.05, 0.1) is 19.3 Å². The maximum Gasteiger partial charge on any atom is 0.319 e. The van der Waals surface area contributed by atoms with Gasteiger partial charge < -0.3 is 15.4 Å². The van der Waals surface area contributed by atoms with Crippen molar-refractivity contribution >= 4 is 11.7 Å². The van der Waals surface area contributed by atoms with Crippen molar-refractivity contribution in [3.8, 4) is 16.9 Å². The highest BCUT2D eigenvalue weighted by Gasteiger charge is 2.18. The number of hydrogen-bond acceptors (Lipinski definition) is 3. The number of carbonyl (C=O) groups excluding carboxylic acids is 1. The first-order chi connectivity index (χ1) is 13.6. The first-order valence-electron chi connectivity index (χ1n) is 9.32. The first-order valence-corrected chi connectivity index (χ1v) is 9.32. The second-order valence-corrected chi connectivity index (χ2v) is 7.06. The maximum absolute atomic E-state index is 12.4. The molecule has 0 aliphatic heterocycles. The number of anilines is 1. The van der Waals surface area contributed by atoms with Crippen LogP contribution < -0.4 is 15.4 Å². The second kappa shape index (κ2) is 7.35. The van der Waals surface area contributed by atoms with E-state index < -0.39 is 0 Å². The molecule has 0 atom stereocenters. The van der Waals surface area contributed by atoms with Gasteiger partial charge >= 0.3 is 6.03 Å². The van der Waals surface area contributed by atoms with Gasteiger partial charge in [-0.1, -0.05) is 30.3 Å². The summed E-state index contributed by atoms with van der Waals surface area (Å²) in [6.07, 6.45) is 2.66. The predicted octanol–water partition coefficient (Wildman–Crippen LogP) is 4.60. The van der Waals surface area contributed by atoms with Crippen LogP contribution >= 0.6 is 0 Å². The standard InChI is InChI=1S/C23H23N3O2/c1-14-12-24-21(15(2)22(14)28-3)13-25-23(27)26-18-8-9-20-17(11-18)10-16-6-4-5-7-19(16)20/h4-9,11-12H,10,13H2,1-3H3,(H2,25,26,27). The Bertz CT molecular complexity index is 1060. The Labute approximate surface area is 164 Å². The maximum atomic E-state index is 12.4. The fraction of sp³-hybridized carbons (Fsp3) is 0.217. The molecule has 0 spiro atoms. The van der Waals surface area contributed by atoms with Gasteiger partial charge in [0.2, 0.25) is 0 Å². The van der Waals surface area contributed by atoms with E-state index in [9.17, 15) is 4.79 Å². The van der Waals surface area contributed by atoms with Gasteiger partial charge in [-0.15, -0.1) is 0 Å². The van der Waals surface area contributed by atoms with Crippen LogP contribution in [0.2, 0.25) is 0 Å². The lowest BCUT2D eigenvalue weighted by Crippen LogP contribution is -2.29. The Balaban J connectivity index is 1.42. The molecule has 3 aromatic rings. The number of carbonyl (C=O) groups is 1. The van der Waals surface area contributed by atoms with Crippen LogP contribution in [0.15, 0.2) is 48.7 Å². The molecule has 0 unspecified atom stereocenters. The van der Waals surface area contributed by atoms with Crippen LogP contribution in [0.4, 0.5) is 10.5 Å². The summed E-state index contributed by atoms with van der Waals surface area (Å²) in [7, 11) is 1.64. The SMILES string of the molecule is COc1c(C)cnc(CNC(=O)Nc2ccc3c(c2)Cc2ccccc2-3)c1C. The average molecular weight is 373 g/mol. The number of urea groups is 1. The number of pyridine rings is 1. The highest BCUT2D eigenvalue weighted by molar-refractivity contribution is 5.90. The molecule has 2 N–H and O–H groups in total.